The van der Waals surface area contributed by atoms with Crippen molar-refractivity contribution in [2.24, 2.45) is 4.99 Å². The molecule has 0 saturated heterocycles. The van der Waals surface area contributed by atoms with E-state index in [0.717, 1.165) is 21.8 Å². The Morgan fingerprint density at radius 1 is 1.38 bits per heavy atom. The molecule has 2 rings (SSSR count). The van der Waals surface area contributed by atoms with Gasteiger partial charge in [-0.2, -0.15) is 0 Å². The number of carbonyl (C=O) groups is 2. The molecule has 0 radical (unpaired) electrons. The van der Waals surface area contributed by atoms with Gasteiger partial charge in [0, 0.05) is 10.9 Å². The molecule has 0 spiro atoms. The largest absolute Gasteiger partial charge is 0.506 e. The Morgan fingerprint density at radius 3 is 2.75 bits per heavy atom. The van der Waals surface area contributed by atoms with Crippen LogP contribution >= 0.6 is 27.7 Å². The van der Waals surface area contributed by atoms with Gasteiger partial charge in [-0.25, -0.2) is 9.79 Å². The van der Waals surface area contributed by atoms with Crippen molar-refractivity contribution in [3.8, 4) is 0 Å². The maximum atomic E-state index is 12.1. The summed E-state index contributed by atoms with van der Waals surface area (Å²) in [6.07, 6.45) is 1.94. The second-order valence-corrected chi connectivity index (χ2v) is 6.72. The van der Waals surface area contributed by atoms with Crippen molar-refractivity contribution >= 4 is 50.7 Å². The number of carbonyl (C=O) groups excluding carboxylic acids is 2. The fourth-order valence-corrected chi connectivity index (χ4v) is 3.38. The molecular formula is C17H16BrNO4S. The molecule has 0 aliphatic carbocycles. The number of aliphatic hydroxyl groups is 1. The average Bonchev–Trinajstić information content (AvgIpc) is 2.83. The van der Waals surface area contributed by atoms with Gasteiger partial charge in [0.15, 0.2) is 0 Å². The Kier molecular flexibility index (Phi) is 6.39. The third-order valence-corrected chi connectivity index (χ3v) is 4.56. The highest BCUT2D eigenvalue weighted by Gasteiger charge is 2.33. The summed E-state index contributed by atoms with van der Waals surface area (Å²) in [5.74, 6) is -1.28. The van der Waals surface area contributed by atoms with Crippen LogP contribution in [-0.4, -0.2) is 28.6 Å². The van der Waals surface area contributed by atoms with Gasteiger partial charge in [-0.05, 0) is 30.7 Å². The number of rotatable bonds is 4. The van der Waals surface area contributed by atoms with Crippen LogP contribution in [0.4, 0.5) is 0 Å². The summed E-state index contributed by atoms with van der Waals surface area (Å²) in [4.78, 5) is 28.1. The monoisotopic (exact) mass is 409 g/mol. The van der Waals surface area contributed by atoms with Crippen molar-refractivity contribution in [1.29, 1.82) is 0 Å². The molecule has 0 saturated carbocycles. The number of hydrogen-bond donors (Lipinski definition) is 1. The normalized spacial score (nSPS) is 17.6. The molecule has 24 heavy (non-hydrogen) atoms. The van der Waals surface area contributed by atoms with Crippen LogP contribution in [0.1, 0.15) is 25.8 Å². The third-order valence-electron chi connectivity index (χ3n) is 3.05. The van der Waals surface area contributed by atoms with E-state index >= 15 is 0 Å². The molecule has 0 fully saturated rings. The topological polar surface area (TPSA) is 76.0 Å². The molecule has 7 heteroatoms. The number of amides is 1. The lowest BCUT2D eigenvalue weighted by molar-refractivity contribution is -0.138. The highest BCUT2D eigenvalue weighted by Crippen LogP contribution is 2.39. The number of esters is 1. The fourth-order valence-electron chi connectivity index (χ4n) is 1.93. The van der Waals surface area contributed by atoms with Crippen molar-refractivity contribution in [2.75, 3.05) is 6.61 Å². The average molecular weight is 410 g/mol. The van der Waals surface area contributed by atoms with E-state index in [9.17, 15) is 14.7 Å². The van der Waals surface area contributed by atoms with Crippen molar-refractivity contribution in [1.82, 2.24) is 0 Å². The number of nitrogens with zero attached hydrogens (tertiary/aromatic N) is 1. The van der Waals surface area contributed by atoms with E-state index in [0.29, 0.717) is 4.91 Å². The smallest absolute Gasteiger partial charge is 0.344 e. The van der Waals surface area contributed by atoms with E-state index in [2.05, 4.69) is 20.9 Å². The molecule has 1 aliphatic heterocycles. The molecule has 1 N–H and O–H groups in total. The fraction of sp³-hybridized carbons (Fsp3) is 0.235. The Balaban J connectivity index is 2.47. The lowest BCUT2D eigenvalue weighted by atomic mass is 10.1. The van der Waals surface area contributed by atoms with Gasteiger partial charge in [-0.1, -0.05) is 46.7 Å². The zero-order valence-electron chi connectivity index (χ0n) is 13.2. The molecule has 126 valence electrons. The molecular weight excluding hydrogens is 394 g/mol. The van der Waals surface area contributed by atoms with Crippen molar-refractivity contribution in [3.63, 3.8) is 0 Å². The lowest BCUT2D eigenvalue weighted by Gasteiger charge is -2.02. The van der Waals surface area contributed by atoms with Crippen LogP contribution in [0.3, 0.4) is 0 Å². The number of thioether (sulfide) groups is 1. The maximum Gasteiger partial charge on any atom is 0.344 e. The first kappa shape index (κ1) is 18.5. The first-order chi connectivity index (χ1) is 11.5. The first-order valence-corrected chi connectivity index (χ1v) is 8.95. The van der Waals surface area contributed by atoms with Crippen molar-refractivity contribution < 1.29 is 19.4 Å². The Labute approximate surface area is 152 Å². The number of aliphatic imine (C=N–C) groups is 1. The van der Waals surface area contributed by atoms with Crippen LogP contribution < -0.4 is 0 Å². The quantitative estimate of drug-likeness (QED) is 0.752. The maximum absolute atomic E-state index is 12.1. The highest BCUT2D eigenvalue weighted by molar-refractivity contribution is 9.10. The Hall–Kier alpha value is -1.86. The van der Waals surface area contributed by atoms with E-state index in [-0.39, 0.29) is 35.3 Å². The Bertz CT molecular complexity index is 768. The summed E-state index contributed by atoms with van der Waals surface area (Å²) in [7, 11) is 0. The van der Waals surface area contributed by atoms with Crippen LogP contribution in [-0.2, 0) is 14.3 Å². The molecule has 1 amide bonds. The molecule has 1 heterocycles. The predicted molar refractivity (Wildman–Crippen MR) is 98.7 cm³/mol. The van der Waals surface area contributed by atoms with E-state index < -0.39 is 5.97 Å². The summed E-state index contributed by atoms with van der Waals surface area (Å²) in [6.45, 7) is 3.52. The summed E-state index contributed by atoms with van der Waals surface area (Å²) in [5.41, 5.74) is 0.773. The number of hydrogen-bond acceptors (Lipinski definition) is 5. The molecule has 0 bridgehead atoms. The van der Waals surface area contributed by atoms with Crippen LogP contribution in [0, 0.1) is 0 Å². The summed E-state index contributed by atoms with van der Waals surface area (Å²) in [5, 5.41) is 10.6. The second kappa shape index (κ2) is 8.30. The SMILES string of the molecule is CCOC(=O)C1=C(O)/C(=C/c2cccc(Br)c2)SC1=NC(=O)CC. The standard InChI is InChI=1S/C17H16BrNO4S/c1-3-13(20)19-16-14(17(22)23-4-2)15(21)12(24-16)9-10-6-5-7-11(18)8-10/h5-9,21H,3-4H2,1-2H3/b12-9-,19-16?. The third kappa shape index (κ3) is 4.36. The molecule has 0 atom stereocenters. The van der Waals surface area contributed by atoms with Crippen LogP contribution in [0.15, 0.2) is 50.0 Å². The molecule has 1 aromatic carbocycles. The zero-order valence-corrected chi connectivity index (χ0v) is 15.6. The van der Waals surface area contributed by atoms with Crippen LogP contribution in [0.5, 0.6) is 0 Å². The lowest BCUT2D eigenvalue weighted by Crippen LogP contribution is -2.14. The van der Waals surface area contributed by atoms with E-state index in [4.69, 9.17) is 4.74 Å². The summed E-state index contributed by atoms with van der Waals surface area (Å²) < 4.78 is 5.85. The van der Waals surface area contributed by atoms with Gasteiger partial charge in [0.25, 0.3) is 0 Å². The van der Waals surface area contributed by atoms with Gasteiger partial charge in [-0.15, -0.1) is 0 Å². The van der Waals surface area contributed by atoms with E-state index in [1.165, 1.54) is 0 Å². The van der Waals surface area contributed by atoms with Gasteiger partial charge in [0.05, 0.1) is 11.5 Å². The number of ether oxygens (including phenoxy) is 1. The van der Waals surface area contributed by atoms with Crippen molar-refractivity contribution in [3.05, 3.63) is 50.5 Å². The van der Waals surface area contributed by atoms with Crippen LogP contribution in [0.2, 0.25) is 0 Å². The number of benzene rings is 1. The van der Waals surface area contributed by atoms with Crippen LogP contribution in [0.25, 0.3) is 6.08 Å². The molecule has 1 aromatic rings. The van der Waals surface area contributed by atoms with Gasteiger partial charge in [-0.3, -0.25) is 4.79 Å². The van der Waals surface area contributed by atoms with E-state index in [1.54, 1.807) is 19.9 Å². The second-order valence-electron chi connectivity index (χ2n) is 4.77. The highest BCUT2D eigenvalue weighted by atomic mass is 79.9. The van der Waals surface area contributed by atoms with Gasteiger partial charge >= 0.3 is 5.97 Å². The Morgan fingerprint density at radius 2 is 2.12 bits per heavy atom. The molecule has 0 unspecified atom stereocenters. The van der Waals surface area contributed by atoms with Gasteiger partial charge in [0.2, 0.25) is 5.91 Å². The number of halogens is 1. The van der Waals surface area contributed by atoms with Crippen molar-refractivity contribution in [2.45, 2.75) is 20.3 Å². The minimum Gasteiger partial charge on any atom is -0.506 e. The van der Waals surface area contributed by atoms with Gasteiger partial charge < -0.3 is 9.84 Å². The zero-order chi connectivity index (χ0) is 17.7. The summed E-state index contributed by atoms with van der Waals surface area (Å²) in [6, 6.07) is 7.48. The molecule has 5 nitrogen and oxygen atoms in total. The van der Waals surface area contributed by atoms with E-state index in [1.807, 2.05) is 24.3 Å². The molecule has 0 aromatic heterocycles. The predicted octanol–water partition coefficient (Wildman–Crippen LogP) is 4.25. The summed E-state index contributed by atoms with van der Waals surface area (Å²) >= 11 is 4.46. The minimum absolute atomic E-state index is 0.0649. The minimum atomic E-state index is -0.692. The molecule has 1 aliphatic rings. The first-order valence-electron chi connectivity index (χ1n) is 7.34. The van der Waals surface area contributed by atoms with Gasteiger partial charge in [0.1, 0.15) is 16.4 Å². The number of aliphatic hydroxyl groups excluding tert-OH is 1.